The normalized spacial score (nSPS) is 16.2. The number of nitrogens with zero attached hydrogens (tertiary/aromatic N) is 1. The molecule has 15 heavy (non-hydrogen) atoms. The van der Waals surface area contributed by atoms with E-state index in [1.165, 1.54) is 11.1 Å². The fourth-order valence-corrected chi connectivity index (χ4v) is 1.91. The molecular weight excluding hydrogens is 188 g/mol. The van der Waals surface area contributed by atoms with Crippen LogP contribution in [0.2, 0.25) is 0 Å². The highest BCUT2D eigenvalue weighted by Crippen LogP contribution is 2.24. The van der Waals surface area contributed by atoms with Crippen LogP contribution in [0.4, 0.5) is 5.69 Å². The summed E-state index contributed by atoms with van der Waals surface area (Å²) in [6, 6.07) is 4.23. The second-order valence-corrected chi connectivity index (χ2v) is 4.13. The smallest absolute Gasteiger partial charge is 0.242 e. The van der Waals surface area contributed by atoms with Crippen LogP contribution in [0.5, 0.6) is 0 Å². The average molecular weight is 204 g/mol. The fraction of sp³-hybridized carbons (Fsp3) is 0.417. The summed E-state index contributed by atoms with van der Waals surface area (Å²) in [5, 5.41) is 3.06. The van der Waals surface area contributed by atoms with Crippen molar-refractivity contribution in [1.82, 2.24) is 5.32 Å². The first-order chi connectivity index (χ1) is 7.09. The van der Waals surface area contributed by atoms with Crippen molar-refractivity contribution in [2.45, 2.75) is 20.8 Å². The van der Waals surface area contributed by atoms with Gasteiger partial charge in [-0.25, -0.2) is 0 Å². The Morgan fingerprint density at radius 2 is 1.80 bits per heavy atom. The Hall–Kier alpha value is -1.35. The molecule has 1 saturated heterocycles. The van der Waals surface area contributed by atoms with E-state index in [1.54, 1.807) is 0 Å². The van der Waals surface area contributed by atoms with E-state index in [1.807, 2.05) is 11.8 Å². The number of amides is 1. The standard InChI is InChI=1S/C12H16N2O/c1-8-4-10(3)11(5-9(8)2)14-7-13-6-12(14)15/h4-5,13H,6-7H2,1-3H3. The van der Waals surface area contributed by atoms with Crippen LogP contribution in [0.1, 0.15) is 16.7 Å². The average Bonchev–Trinajstić information content (AvgIpc) is 2.58. The molecule has 1 aromatic carbocycles. The fourth-order valence-electron chi connectivity index (χ4n) is 1.91. The Balaban J connectivity index is 2.43. The molecule has 0 saturated carbocycles. The summed E-state index contributed by atoms with van der Waals surface area (Å²) < 4.78 is 0. The van der Waals surface area contributed by atoms with E-state index >= 15 is 0 Å². The third-order valence-electron chi connectivity index (χ3n) is 2.95. The van der Waals surface area contributed by atoms with Crippen molar-refractivity contribution in [3.05, 3.63) is 28.8 Å². The van der Waals surface area contributed by atoms with Crippen molar-refractivity contribution in [2.75, 3.05) is 18.1 Å². The van der Waals surface area contributed by atoms with Gasteiger partial charge in [0.15, 0.2) is 0 Å². The Morgan fingerprint density at radius 3 is 2.40 bits per heavy atom. The van der Waals surface area contributed by atoms with Crippen molar-refractivity contribution in [3.8, 4) is 0 Å². The van der Waals surface area contributed by atoms with Gasteiger partial charge in [-0.05, 0) is 43.5 Å². The number of rotatable bonds is 1. The van der Waals surface area contributed by atoms with Gasteiger partial charge in [0, 0.05) is 5.69 Å². The summed E-state index contributed by atoms with van der Waals surface area (Å²) in [4.78, 5) is 13.4. The van der Waals surface area contributed by atoms with Gasteiger partial charge in [0.1, 0.15) is 0 Å². The van der Waals surface area contributed by atoms with Gasteiger partial charge in [-0.2, -0.15) is 0 Å². The van der Waals surface area contributed by atoms with Gasteiger partial charge in [0.25, 0.3) is 0 Å². The molecule has 1 amide bonds. The van der Waals surface area contributed by atoms with Gasteiger partial charge < -0.3 is 0 Å². The molecule has 0 bridgehead atoms. The zero-order chi connectivity index (χ0) is 11.0. The first-order valence-electron chi connectivity index (χ1n) is 5.18. The number of nitrogens with one attached hydrogen (secondary N) is 1. The number of benzene rings is 1. The monoisotopic (exact) mass is 204 g/mol. The molecule has 1 N–H and O–H groups in total. The number of hydrogen-bond donors (Lipinski definition) is 1. The zero-order valence-electron chi connectivity index (χ0n) is 9.42. The van der Waals surface area contributed by atoms with Gasteiger partial charge in [-0.15, -0.1) is 0 Å². The highest BCUT2D eigenvalue weighted by atomic mass is 16.2. The topological polar surface area (TPSA) is 32.3 Å². The Labute approximate surface area is 90.1 Å². The molecule has 0 aromatic heterocycles. The lowest BCUT2D eigenvalue weighted by molar-refractivity contribution is -0.116. The van der Waals surface area contributed by atoms with E-state index in [-0.39, 0.29) is 5.91 Å². The molecule has 1 heterocycles. The van der Waals surface area contributed by atoms with E-state index in [4.69, 9.17) is 0 Å². The minimum Gasteiger partial charge on any atom is -0.298 e. The number of aryl methyl sites for hydroxylation is 3. The molecule has 1 aromatic rings. The highest BCUT2D eigenvalue weighted by Gasteiger charge is 2.22. The van der Waals surface area contributed by atoms with Crippen LogP contribution in [-0.2, 0) is 4.79 Å². The maximum Gasteiger partial charge on any atom is 0.242 e. The number of carbonyl (C=O) groups is 1. The molecule has 0 aliphatic carbocycles. The minimum absolute atomic E-state index is 0.154. The number of carbonyl (C=O) groups excluding carboxylic acids is 1. The molecule has 0 radical (unpaired) electrons. The summed E-state index contributed by atoms with van der Waals surface area (Å²) in [5.41, 5.74) is 4.70. The molecule has 3 nitrogen and oxygen atoms in total. The number of hydrogen-bond acceptors (Lipinski definition) is 2. The molecular formula is C12H16N2O. The van der Waals surface area contributed by atoms with E-state index in [0.29, 0.717) is 13.2 Å². The Morgan fingerprint density at radius 1 is 1.13 bits per heavy atom. The molecule has 2 rings (SSSR count). The number of anilines is 1. The SMILES string of the molecule is Cc1cc(C)c(N2CNCC2=O)cc1C. The van der Waals surface area contributed by atoms with Crippen molar-refractivity contribution in [1.29, 1.82) is 0 Å². The summed E-state index contributed by atoms with van der Waals surface area (Å²) in [6.45, 7) is 7.30. The molecule has 80 valence electrons. The molecule has 0 atom stereocenters. The van der Waals surface area contributed by atoms with E-state index < -0.39 is 0 Å². The van der Waals surface area contributed by atoms with Crippen LogP contribution in [0.25, 0.3) is 0 Å². The zero-order valence-corrected chi connectivity index (χ0v) is 9.42. The van der Waals surface area contributed by atoms with Crippen LogP contribution < -0.4 is 10.2 Å². The summed E-state index contributed by atoms with van der Waals surface area (Å²) in [7, 11) is 0. The highest BCUT2D eigenvalue weighted by molar-refractivity contribution is 5.97. The van der Waals surface area contributed by atoms with Crippen LogP contribution in [0, 0.1) is 20.8 Å². The quantitative estimate of drug-likeness (QED) is 0.752. The second-order valence-electron chi connectivity index (χ2n) is 4.13. The molecule has 1 fully saturated rings. The summed E-state index contributed by atoms with van der Waals surface area (Å²) in [5.74, 6) is 0.154. The lowest BCUT2D eigenvalue weighted by Crippen LogP contribution is -2.26. The maximum atomic E-state index is 11.6. The van der Waals surface area contributed by atoms with E-state index in [2.05, 4.69) is 31.3 Å². The first kappa shape index (κ1) is 10.2. The third kappa shape index (κ3) is 1.75. The molecule has 0 unspecified atom stereocenters. The van der Waals surface area contributed by atoms with Crippen LogP contribution >= 0.6 is 0 Å². The van der Waals surface area contributed by atoms with Crippen molar-refractivity contribution in [2.24, 2.45) is 0 Å². The lowest BCUT2D eigenvalue weighted by atomic mass is 10.0. The Bertz CT molecular complexity index is 412. The molecule has 1 aliphatic heterocycles. The summed E-state index contributed by atoms with van der Waals surface area (Å²) >= 11 is 0. The predicted molar refractivity (Wildman–Crippen MR) is 61.0 cm³/mol. The van der Waals surface area contributed by atoms with Crippen molar-refractivity contribution >= 4 is 11.6 Å². The van der Waals surface area contributed by atoms with Crippen LogP contribution in [0.15, 0.2) is 12.1 Å². The van der Waals surface area contributed by atoms with Gasteiger partial charge >= 0.3 is 0 Å². The van der Waals surface area contributed by atoms with E-state index in [0.717, 1.165) is 11.3 Å². The lowest BCUT2D eigenvalue weighted by Gasteiger charge is -2.19. The predicted octanol–water partition coefficient (Wildman–Crippen LogP) is 1.51. The van der Waals surface area contributed by atoms with Crippen molar-refractivity contribution < 1.29 is 4.79 Å². The van der Waals surface area contributed by atoms with Gasteiger partial charge in [0.05, 0.1) is 13.2 Å². The van der Waals surface area contributed by atoms with Gasteiger partial charge in [0.2, 0.25) is 5.91 Å². The van der Waals surface area contributed by atoms with Crippen molar-refractivity contribution in [3.63, 3.8) is 0 Å². The van der Waals surface area contributed by atoms with Crippen LogP contribution in [-0.4, -0.2) is 19.1 Å². The first-order valence-corrected chi connectivity index (χ1v) is 5.18. The maximum absolute atomic E-state index is 11.6. The van der Waals surface area contributed by atoms with Crippen LogP contribution in [0.3, 0.4) is 0 Å². The Kier molecular flexibility index (Phi) is 2.49. The largest absolute Gasteiger partial charge is 0.298 e. The van der Waals surface area contributed by atoms with Gasteiger partial charge in [-0.3, -0.25) is 15.0 Å². The molecule has 1 aliphatic rings. The third-order valence-corrected chi connectivity index (χ3v) is 2.95. The van der Waals surface area contributed by atoms with E-state index in [9.17, 15) is 4.79 Å². The summed E-state index contributed by atoms with van der Waals surface area (Å²) in [6.07, 6.45) is 0. The van der Waals surface area contributed by atoms with Gasteiger partial charge in [-0.1, -0.05) is 6.07 Å². The second kappa shape index (κ2) is 3.66. The minimum atomic E-state index is 0.154. The molecule has 0 spiro atoms. The molecule has 3 heteroatoms.